The van der Waals surface area contributed by atoms with Crippen molar-refractivity contribution in [1.82, 2.24) is 9.55 Å². The smallest absolute Gasteiger partial charge is 0.493 e. The third-order valence-electron chi connectivity index (χ3n) is 6.90. The van der Waals surface area contributed by atoms with Crippen LogP contribution in [0.25, 0.3) is 5.70 Å². The van der Waals surface area contributed by atoms with Gasteiger partial charge in [0.25, 0.3) is 0 Å². The SMILES string of the molecule is O=c1[nH]c([N+](=O)[O-])cn1CC1(COc2cccc(CC3CCC=C(c4ccc(OC(F)(F)F)cc4)N=N3)c2)CC1. The molecule has 1 aliphatic heterocycles. The summed E-state index contributed by atoms with van der Waals surface area (Å²) in [6.45, 7) is 0.719. The van der Waals surface area contributed by atoms with Gasteiger partial charge in [0.15, 0.2) is 0 Å². The lowest BCUT2D eigenvalue weighted by Crippen LogP contribution is -2.26. The Kier molecular flexibility index (Phi) is 7.46. The van der Waals surface area contributed by atoms with Gasteiger partial charge in [-0.25, -0.2) is 4.79 Å². The van der Waals surface area contributed by atoms with E-state index in [-0.39, 0.29) is 23.0 Å². The highest BCUT2D eigenvalue weighted by molar-refractivity contribution is 5.64. The fourth-order valence-electron chi connectivity index (χ4n) is 4.59. The number of azo groups is 1. The molecule has 1 saturated carbocycles. The van der Waals surface area contributed by atoms with Crippen LogP contribution < -0.4 is 15.2 Å². The normalized spacial score (nSPS) is 18.1. The second kappa shape index (κ2) is 11.0. The van der Waals surface area contributed by atoms with Crippen molar-refractivity contribution in [3.63, 3.8) is 0 Å². The lowest BCUT2D eigenvalue weighted by molar-refractivity contribution is -0.389. The van der Waals surface area contributed by atoms with Crippen molar-refractivity contribution in [1.29, 1.82) is 0 Å². The van der Waals surface area contributed by atoms with Gasteiger partial charge in [-0.3, -0.25) is 4.57 Å². The third kappa shape index (κ3) is 6.96. The van der Waals surface area contributed by atoms with Crippen LogP contribution in [-0.4, -0.2) is 33.5 Å². The number of rotatable bonds is 10. The molecule has 0 spiro atoms. The molecule has 0 radical (unpaired) electrons. The van der Waals surface area contributed by atoms with E-state index in [1.165, 1.54) is 35.0 Å². The number of aromatic nitrogens is 2. The summed E-state index contributed by atoms with van der Waals surface area (Å²) in [7, 11) is 0. The highest BCUT2D eigenvalue weighted by Gasteiger charge is 2.44. The number of imidazole rings is 1. The van der Waals surface area contributed by atoms with Gasteiger partial charge < -0.3 is 19.6 Å². The Hall–Kier alpha value is -4.42. The minimum absolute atomic E-state index is 0.0807. The van der Waals surface area contributed by atoms with Gasteiger partial charge in [0.05, 0.1) is 18.3 Å². The number of H-pyrrole nitrogens is 1. The minimum Gasteiger partial charge on any atom is -0.493 e. The van der Waals surface area contributed by atoms with E-state index < -0.39 is 17.0 Å². The maximum absolute atomic E-state index is 12.4. The molecule has 1 aromatic heterocycles. The van der Waals surface area contributed by atoms with Gasteiger partial charge in [0.2, 0.25) is 0 Å². The molecule has 2 aliphatic rings. The fraction of sp³-hybridized carbons (Fsp3) is 0.370. The zero-order valence-electron chi connectivity index (χ0n) is 21.3. The van der Waals surface area contributed by atoms with E-state index in [9.17, 15) is 28.1 Å². The molecule has 1 unspecified atom stereocenters. The van der Waals surface area contributed by atoms with Crippen molar-refractivity contribution in [2.75, 3.05) is 6.61 Å². The summed E-state index contributed by atoms with van der Waals surface area (Å²) in [5.74, 6) is 0.0555. The molecule has 13 heteroatoms. The van der Waals surface area contributed by atoms with Gasteiger partial charge in [0, 0.05) is 17.5 Å². The number of allylic oxidation sites excluding steroid dienone is 1. The molecule has 40 heavy (non-hydrogen) atoms. The van der Waals surface area contributed by atoms with Crippen molar-refractivity contribution in [2.24, 2.45) is 15.6 Å². The average molecular weight is 558 g/mol. The number of nitrogens with zero attached hydrogens (tertiary/aromatic N) is 4. The first-order valence-electron chi connectivity index (χ1n) is 12.7. The van der Waals surface area contributed by atoms with Gasteiger partial charge in [-0.15, -0.1) is 13.2 Å². The number of nitro groups is 1. The number of aromatic amines is 1. The molecule has 3 aromatic rings. The maximum atomic E-state index is 12.4. The van der Waals surface area contributed by atoms with Gasteiger partial charge in [0.1, 0.15) is 17.7 Å². The highest BCUT2D eigenvalue weighted by atomic mass is 19.4. The molecular weight excluding hydrogens is 531 g/mol. The standard InChI is InChI=1S/C27H26F3N5O5/c28-27(29,30)40-21-9-7-19(8-10-21)23-6-2-4-20(32-33-23)13-18-3-1-5-22(14-18)39-17-26(11-12-26)16-34-15-24(35(37)38)31-25(34)36/h1,3,5-10,14-15,20H,2,4,11-13,16-17H2,(H,31,36). The van der Waals surface area contributed by atoms with Crippen LogP contribution in [0, 0.1) is 15.5 Å². The van der Waals surface area contributed by atoms with Crippen molar-refractivity contribution in [3.8, 4) is 11.5 Å². The molecule has 1 aliphatic carbocycles. The monoisotopic (exact) mass is 557 g/mol. The number of alkyl halides is 3. The molecule has 1 fully saturated rings. The van der Waals surface area contributed by atoms with E-state index in [1.807, 2.05) is 30.3 Å². The maximum Gasteiger partial charge on any atom is 0.573 e. The summed E-state index contributed by atoms with van der Waals surface area (Å²) in [5.41, 5.74) is 1.51. The average Bonchev–Trinajstić information content (AvgIpc) is 3.63. The van der Waals surface area contributed by atoms with E-state index in [2.05, 4.69) is 19.9 Å². The fourth-order valence-corrected chi connectivity index (χ4v) is 4.59. The van der Waals surface area contributed by atoms with E-state index in [4.69, 9.17) is 4.74 Å². The van der Waals surface area contributed by atoms with Crippen LogP contribution in [-0.2, 0) is 13.0 Å². The zero-order valence-corrected chi connectivity index (χ0v) is 21.3. The Bertz CT molecular complexity index is 1490. The van der Waals surface area contributed by atoms with Crippen LogP contribution >= 0.6 is 0 Å². The number of hydrogen-bond acceptors (Lipinski definition) is 7. The number of halogens is 3. The molecular formula is C27H26F3N5O5. The van der Waals surface area contributed by atoms with Crippen molar-refractivity contribution < 1.29 is 27.6 Å². The lowest BCUT2D eigenvalue weighted by Gasteiger charge is -2.17. The van der Waals surface area contributed by atoms with Crippen molar-refractivity contribution in [3.05, 3.63) is 92.5 Å². The predicted octanol–water partition coefficient (Wildman–Crippen LogP) is 6.04. The summed E-state index contributed by atoms with van der Waals surface area (Å²) in [6.07, 6.45) is 2.21. The molecule has 2 heterocycles. The van der Waals surface area contributed by atoms with E-state index in [1.54, 1.807) is 0 Å². The van der Waals surface area contributed by atoms with E-state index in [0.717, 1.165) is 24.8 Å². The molecule has 0 amide bonds. The molecule has 5 rings (SSSR count). The predicted molar refractivity (Wildman–Crippen MR) is 138 cm³/mol. The van der Waals surface area contributed by atoms with Crippen LogP contribution in [0.2, 0.25) is 0 Å². The molecule has 0 bridgehead atoms. The topological polar surface area (TPSA) is 124 Å². The lowest BCUT2D eigenvalue weighted by atomic mass is 10.0. The summed E-state index contributed by atoms with van der Waals surface area (Å²) < 4.78 is 48.5. The van der Waals surface area contributed by atoms with Crippen LogP contribution in [0.5, 0.6) is 11.5 Å². The summed E-state index contributed by atoms with van der Waals surface area (Å²) in [4.78, 5) is 24.6. The molecule has 1 atom stereocenters. The van der Waals surface area contributed by atoms with Crippen molar-refractivity contribution in [2.45, 2.75) is 51.1 Å². The first kappa shape index (κ1) is 27.2. The summed E-state index contributed by atoms with van der Waals surface area (Å²) in [5, 5.41) is 19.8. The largest absolute Gasteiger partial charge is 0.573 e. The first-order chi connectivity index (χ1) is 19.1. The molecule has 1 N–H and O–H groups in total. The Balaban J connectivity index is 1.16. The Morgan fingerprint density at radius 2 is 1.93 bits per heavy atom. The van der Waals surface area contributed by atoms with E-state index >= 15 is 0 Å². The molecule has 2 aromatic carbocycles. The zero-order chi connectivity index (χ0) is 28.3. The van der Waals surface area contributed by atoms with Gasteiger partial charge in [-0.1, -0.05) is 18.2 Å². The number of nitrogens with one attached hydrogen (secondary N) is 1. The number of hydrogen-bond donors (Lipinski definition) is 1. The Morgan fingerprint density at radius 1 is 1.15 bits per heavy atom. The molecule has 210 valence electrons. The van der Waals surface area contributed by atoms with Gasteiger partial charge in [-0.05, 0) is 79.0 Å². The van der Waals surface area contributed by atoms with Gasteiger partial charge >= 0.3 is 17.9 Å². The highest BCUT2D eigenvalue weighted by Crippen LogP contribution is 2.47. The second-order valence-electron chi connectivity index (χ2n) is 10.1. The quantitative estimate of drug-likeness (QED) is 0.240. The Labute approximate surface area is 226 Å². The summed E-state index contributed by atoms with van der Waals surface area (Å²) in [6, 6.07) is 13.1. The van der Waals surface area contributed by atoms with Crippen LogP contribution in [0.1, 0.15) is 36.8 Å². The van der Waals surface area contributed by atoms with Crippen molar-refractivity contribution >= 4 is 11.5 Å². The van der Waals surface area contributed by atoms with Crippen LogP contribution in [0.3, 0.4) is 0 Å². The summed E-state index contributed by atoms with van der Waals surface area (Å²) >= 11 is 0. The Morgan fingerprint density at radius 3 is 2.60 bits per heavy atom. The number of benzene rings is 2. The second-order valence-corrected chi connectivity index (χ2v) is 10.1. The number of ether oxygens (including phenoxy) is 2. The first-order valence-corrected chi connectivity index (χ1v) is 12.7. The minimum atomic E-state index is -4.74. The van der Waals surface area contributed by atoms with Crippen LogP contribution in [0.4, 0.5) is 19.0 Å². The van der Waals surface area contributed by atoms with Crippen LogP contribution in [0.15, 0.2) is 75.8 Å². The van der Waals surface area contributed by atoms with Gasteiger partial charge in [-0.2, -0.15) is 15.2 Å². The van der Waals surface area contributed by atoms with E-state index in [0.29, 0.717) is 43.0 Å². The third-order valence-corrected chi connectivity index (χ3v) is 6.90. The molecule has 0 saturated heterocycles. The molecule has 10 nitrogen and oxygen atoms in total.